The molecule has 0 N–H and O–H groups in total. The Bertz CT molecular complexity index is 496. The molecule has 0 bridgehead atoms. The van der Waals surface area contributed by atoms with Crippen molar-refractivity contribution in [1.29, 1.82) is 0 Å². The van der Waals surface area contributed by atoms with Gasteiger partial charge in [0.25, 0.3) is 0 Å². The van der Waals surface area contributed by atoms with E-state index in [1.54, 1.807) is 23.9 Å². The molecule has 0 aliphatic carbocycles. The number of rotatable bonds is 3. The highest BCUT2D eigenvalue weighted by molar-refractivity contribution is 6.33. The third kappa shape index (κ3) is 2.21. The number of hydrogen-bond acceptors (Lipinski definition) is 2. The van der Waals surface area contributed by atoms with Crippen LogP contribution in [-0.4, -0.2) is 16.9 Å². The first-order valence-electron chi connectivity index (χ1n) is 4.70. The van der Waals surface area contributed by atoms with Gasteiger partial charge in [0.05, 0.1) is 23.0 Å². The molecule has 84 valence electrons. The van der Waals surface area contributed by atoms with Gasteiger partial charge in [-0.3, -0.25) is 0 Å². The molecule has 0 aliphatic heterocycles. The minimum absolute atomic E-state index is 0.428. The average Bonchev–Trinajstić information content (AvgIpc) is 2.61. The summed E-state index contributed by atoms with van der Waals surface area (Å²) in [4.78, 5) is 0. The van der Waals surface area contributed by atoms with Crippen LogP contribution in [0.15, 0.2) is 30.3 Å². The normalized spacial score (nSPS) is 10.7. The van der Waals surface area contributed by atoms with Crippen molar-refractivity contribution >= 4 is 23.2 Å². The molecule has 0 fully saturated rings. The fourth-order valence-corrected chi connectivity index (χ4v) is 1.89. The number of para-hydroxylation sites is 1. The molecule has 2 aromatic rings. The Labute approximate surface area is 104 Å². The maximum absolute atomic E-state index is 6.07. The Morgan fingerprint density at radius 1 is 1.31 bits per heavy atom. The van der Waals surface area contributed by atoms with Crippen molar-refractivity contribution in [2.24, 2.45) is 0 Å². The minimum Gasteiger partial charge on any atom is -0.378 e. The summed E-state index contributed by atoms with van der Waals surface area (Å²) in [7, 11) is 1.61. The molecule has 3 nitrogen and oxygen atoms in total. The molecule has 5 heteroatoms. The van der Waals surface area contributed by atoms with Crippen molar-refractivity contribution in [3.8, 4) is 5.69 Å². The molecule has 1 aromatic carbocycles. The van der Waals surface area contributed by atoms with Gasteiger partial charge in [0.2, 0.25) is 0 Å². The predicted octanol–water partition coefficient (Wildman–Crippen LogP) is 3.33. The van der Waals surface area contributed by atoms with Gasteiger partial charge < -0.3 is 4.74 Å². The molecule has 1 aromatic heterocycles. The number of nitrogens with zero attached hydrogens (tertiary/aromatic N) is 2. The first kappa shape index (κ1) is 11.5. The van der Waals surface area contributed by atoms with Crippen LogP contribution in [0.4, 0.5) is 0 Å². The number of benzene rings is 1. The van der Waals surface area contributed by atoms with Crippen molar-refractivity contribution in [2.75, 3.05) is 7.11 Å². The first-order chi connectivity index (χ1) is 7.72. The maximum Gasteiger partial charge on any atom is 0.133 e. The summed E-state index contributed by atoms with van der Waals surface area (Å²) in [5, 5.41) is 5.43. The second-order valence-electron chi connectivity index (χ2n) is 3.25. The van der Waals surface area contributed by atoms with E-state index in [0.29, 0.717) is 16.8 Å². The summed E-state index contributed by atoms with van der Waals surface area (Å²) >= 11 is 12.1. The fourth-order valence-electron chi connectivity index (χ4n) is 1.41. The zero-order valence-electron chi connectivity index (χ0n) is 8.65. The molecule has 0 spiro atoms. The zero-order chi connectivity index (χ0) is 11.5. The van der Waals surface area contributed by atoms with Crippen LogP contribution in [0.5, 0.6) is 0 Å². The van der Waals surface area contributed by atoms with E-state index in [1.165, 1.54) is 0 Å². The quantitative estimate of drug-likeness (QED) is 0.843. The molecule has 0 aliphatic rings. The van der Waals surface area contributed by atoms with Gasteiger partial charge in [-0.15, -0.1) is 0 Å². The smallest absolute Gasteiger partial charge is 0.133 e. The highest BCUT2D eigenvalue weighted by Gasteiger charge is 2.09. The van der Waals surface area contributed by atoms with Crippen molar-refractivity contribution < 1.29 is 4.74 Å². The van der Waals surface area contributed by atoms with Crippen LogP contribution in [0.2, 0.25) is 10.2 Å². The van der Waals surface area contributed by atoms with Gasteiger partial charge in [0.1, 0.15) is 5.15 Å². The highest BCUT2D eigenvalue weighted by atomic mass is 35.5. The summed E-state index contributed by atoms with van der Waals surface area (Å²) in [5.41, 5.74) is 1.53. The van der Waals surface area contributed by atoms with Gasteiger partial charge in [-0.25, -0.2) is 4.68 Å². The first-order valence-corrected chi connectivity index (χ1v) is 5.46. The summed E-state index contributed by atoms with van der Waals surface area (Å²) < 4.78 is 6.59. The summed E-state index contributed by atoms with van der Waals surface area (Å²) in [6.07, 6.45) is 0. The van der Waals surface area contributed by atoms with E-state index in [-0.39, 0.29) is 0 Å². The Morgan fingerprint density at radius 2 is 2.06 bits per heavy atom. The highest BCUT2D eigenvalue weighted by Crippen LogP contribution is 2.23. The van der Waals surface area contributed by atoms with E-state index in [2.05, 4.69) is 5.10 Å². The molecule has 0 unspecified atom stereocenters. The van der Waals surface area contributed by atoms with Gasteiger partial charge in [-0.2, -0.15) is 5.10 Å². The zero-order valence-corrected chi connectivity index (χ0v) is 10.2. The number of methoxy groups -OCH3 is 1. The molecule has 1 heterocycles. The predicted molar refractivity (Wildman–Crippen MR) is 64.3 cm³/mol. The topological polar surface area (TPSA) is 27.1 Å². The van der Waals surface area contributed by atoms with Crippen LogP contribution >= 0.6 is 23.2 Å². The number of halogens is 2. The average molecular weight is 257 g/mol. The van der Waals surface area contributed by atoms with E-state index in [0.717, 1.165) is 11.4 Å². The van der Waals surface area contributed by atoms with E-state index in [1.807, 2.05) is 18.2 Å². The standard InChI is InChI=1S/C11H10Cl2N2O/c1-16-7-8-6-11(13)15(14-8)10-5-3-2-4-9(10)12/h2-6H,7H2,1H3. The van der Waals surface area contributed by atoms with E-state index >= 15 is 0 Å². The molecule has 2 rings (SSSR count). The second-order valence-corrected chi connectivity index (χ2v) is 4.05. The van der Waals surface area contributed by atoms with E-state index in [4.69, 9.17) is 27.9 Å². The summed E-state index contributed by atoms with van der Waals surface area (Å²) in [5.74, 6) is 0. The molecular weight excluding hydrogens is 247 g/mol. The summed E-state index contributed by atoms with van der Waals surface area (Å²) in [6.45, 7) is 0.428. The Balaban J connectivity index is 2.44. The molecular formula is C11H10Cl2N2O. The Kier molecular flexibility index (Phi) is 3.49. The molecule has 0 saturated carbocycles. The van der Waals surface area contributed by atoms with Gasteiger partial charge in [0.15, 0.2) is 0 Å². The van der Waals surface area contributed by atoms with Crippen LogP contribution in [0.1, 0.15) is 5.69 Å². The lowest BCUT2D eigenvalue weighted by Crippen LogP contribution is -1.98. The Morgan fingerprint density at radius 3 is 2.75 bits per heavy atom. The van der Waals surface area contributed by atoms with Crippen LogP contribution in [-0.2, 0) is 11.3 Å². The van der Waals surface area contributed by atoms with Crippen molar-refractivity contribution in [3.63, 3.8) is 0 Å². The Hall–Kier alpha value is -1.03. The van der Waals surface area contributed by atoms with Crippen LogP contribution in [0, 0.1) is 0 Å². The molecule has 0 saturated heterocycles. The van der Waals surface area contributed by atoms with Crippen LogP contribution in [0.25, 0.3) is 5.69 Å². The lowest BCUT2D eigenvalue weighted by atomic mass is 10.3. The maximum atomic E-state index is 6.07. The number of ether oxygens (including phenoxy) is 1. The summed E-state index contributed by atoms with van der Waals surface area (Å²) in [6, 6.07) is 9.16. The van der Waals surface area contributed by atoms with Crippen molar-refractivity contribution in [1.82, 2.24) is 9.78 Å². The van der Waals surface area contributed by atoms with Crippen molar-refractivity contribution in [3.05, 3.63) is 46.2 Å². The lowest BCUT2D eigenvalue weighted by molar-refractivity contribution is 0.181. The fraction of sp³-hybridized carbons (Fsp3) is 0.182. The van der Waals surface area contributed by atoms with Gasteiger partial charge in [0, 0.05) is 13.2 Å². The lowest BCUT2D eigenvalue weighted by Gasteiger charge is -2.04. The van der Waals surface area contributed by atoms with Gasteiger partial charge in [-0.1, -0.05) is 35.3 Å². The van der Waals surface area contributed by atoms with Crippen LogP contribution < -0.4 is 0 Å². The molecule has 0 atom stereocenters. The third-order valence-electron chi connectivity index (χ3n) is 2.09. The molecule has 0 radical (unpaired) electrons. The SMILES string of the molecule is COCc1cc(Cl)n(-c2ccccc2Cl)n1. The monoisotopic (exact) mass is 256 g/mol. The third-order valence-corrected chi connectivity index (χ3v) is 2.68. The second kappa shape index (κ2) is 4.87. The largest absolute Gasteiger partial charge is 0.378 e. The van der Waals surface area contributed by atoms with E-state index < -0.39 is 0 Å². The number of aromatic nitrogens is 2. The van der Waals surface area contributed by atoms with Gasteiger partial charge >= 0.3 is 0 Å². The van der Waals surface area contributed by atoms with E-state index in [9.17, 15) is 0 Å². The minimum atomic E-state index is 0.428. The van der Waals surface area contributed by atoms with Crippen LogP contribution in [0.3, 0.4) is 0 Å². The molecule has 0 amide bonds. The molecule has 16 heavy (non-hydrogen) atoms. The number of hydrogen-bond donors (Lipinski definition) is 0. The van der Waals surface area contributed by atoms with Gasteiger partial charge in [-0.05, 0) is 12.1 Å². The van der Waals surface area contributed by atoms with Crippen molar-refractivity contribution in [2.45, 2.75) is 6.61 Å².